The van der Waals surface area contributed by atoms with Crippen LogP contribution in [0.3, 0.4) is 0 Å². The molecule has 0 aromatic heterocycles. The van der Waals surface area contributed by atoms with E-state index in [1.54, 1.807) is 11.8 Å². The number of likely N-dealkylation sites (tertiary alicyclic amines) is 1. The molecule has 2 rings (SSSR count). The number of benzene rings is 1. The summed E-state index contributed by atoms with van der Waals surface area (Å²) in [5.74, 6) is -2.06. The van der Waals surface area contributed by atoms with Crippen LogP contribution in [-0.2, 0) is 4.79 Å². The van der Waals surface area contributed by atoms with Crippen LogP contribution in [0.25, 0.3) is 0 Å². The number of hydrogen-bond donors (Lipinski definition) is 2. The number of primary amides is 1. The second-order valence-corrected chi connectivity index (χ2v) is 5.90. The molecule has 1 saturated heterocycles. The minimum atomic E-state index is -0.790. The summed E-state index contributed by atoms with van der Waals surface area (Å²) >= 11 is 0. The molecule has 132 valence electrons. The molecule has 1 fully saturated rings. The lowest BCUT2D eigenvalue weighted by Crippen LogP contribution is -2.49. The highest BCUT2D eigenvalue weighted by atomic mass is 19.1. The summed E-state index contributed by atoms with van der Waals surface area (Å²) in [4.78, 5) is 24.8. The summed E-state index contributed by atoms with van der Waals surface area (Å²) in [5.41, 5.74) is 5.26. The number of nitrogens with zero attached hydrogens (tertiary/aromatic N) is 1. The first kappa shape index (κ1) is 18.0. The minimum absolute atomic E-state index is 0.0477. The number of ether oxygens (including phenoxy) is 1. The Balaban J connectivity index is 1.77. The van der Waals surface area contributed by atoms with E-state index in [-0.39, 0.29) is 36.3 Å². The first-order valence-corrected chi connectivity index (χ1v) is 7.79. The van der Waals surface area contributed by atoms with Crippen LogP contribution in [0, 0.1) is 17.6 Å². The van der Waals surface area contributed by atoms with Crippen LogP contribution < -0.4 is 15.8 Å². The number of piperidine rings is 1. The number of rotatable bonds is 5. The fourth-order valence-electron chi connectivity index (χ4n) is 2.52. The van der Waals surface area contributed by atoms with Crippen molar-refractivity contribution in [1.82, 2.24) is 10.2 Å². The Hall–Kier alpha value is -2.38. The van der Waals surface area contributed by atoms with E-state index < -0.39 is 11.6 Å². The third-order valence-corrected chi connectivity index (χ3v) is 3.94. The molecule has 1 aliphatic heterocycles. The molecule has 1 aromatic carbocycles. The summed E-state index contributed by atoms with van der Waals surface area (Å²) in [6, 6.07) is 2.41. The molecule has 0 aliphatic carbocycles. The van der Waals surface area contributed by atoms with E-state index in [2.05, 4.69) is 5.32 Å². The van der Waals surface area contributed by atoms with Crippen LogP contribution in [0.5, 0.6) is 5.75 Å². The lowest BCUT2D eigenvalue weighted by atomic mass is 9.96. The molecule has 8 heteroatoms. The Bertz CT molecular complexity index is 604. The van der Waals surface area contributed by atoms with E-state index in [1.807, 2.05) is 0 Å². The number of nitrogens with two attached hydrogens (primary N) is 1. The second kappa shape index (κ2) is 7.94. The zero-order chi connectivity index (χ0) is 17.7. The van der Waals surface area contributed by atoms with Crippen molar-refractivity contribution in [2.24, 2.45) is 11.7 Å². The van der Waals surface area contributed by atoms with Crippen LogP contribution in [-0.4, -0.2) is 42.6 Å². The maximum Gasteiger partial charge on any atom is 0.317 e. The maximum atomic E-state index is 13.5. The molecule has 0 bridgehead atoms. The number of hydrogen-bond acceptors (Lipinski definition) is 3. The monoisotopic (exact) mass is 341 g/mol. The van der Waals surface area contributed by atoms with E-state index in [4.69, 9.17) is 10.5 Å². The maximum absolute atomic E-state index is 13.5. The summed E-state index contributed by atoms with van der Waals surface area (Å²) in [7, 11) is 0. The highest BCUT2D eigenvalue weighted by Crippen LogP contribution is 2.18. The Morgan fingerprint density at radius 1 is 1.38 bits per heavy atom. The third-order valence-electron chi connectivity index (χ3n) is 3.94. The van der Waals surface area contributed by atoms with Gasteiger partial charge in [-0.3, -0.25) is 4.79 Å². The fourth-order valence-corrected chi connectivity index (χ4v) is 2.52. The van der Waals surface area contributed by atoms with Crippen molar-refractivity contribution in [3.05, 3.63) is 29.8 Å². The molecular weight excluding hydrogens is 320 g/mol. The second-order valence-electron chi connectivity index (χ2n) is 5.90. The van der Waals surface area contributed by atoms with Gasteiger partial charge in [0.25, 0.3) is 0 Å². The Morgan fingerprint density at radius 2 is 2.04 bits per heavy atom. The molecule has 3 N–H and O–H groups in total. The summed E-state index contributed by atoms with van der Waals surface area (Å²) < 4.78 is 31.5. The lowest BCUT2D eigenvalue weighted by Gasteiger charge is -2.31. The van der Waals surface area contributed by atoms with Gasteiger partial charge in [-0.1, -0.05) is 0 Å². The van der Waals surface area contributed by atoms with E-state index in [0.717, 1.165) is 12.1 Å². The zero-order valence-corrected chi connectivity index (χ0v) is 13.4. The van der Waals surface area contributed by atoms with Gasteiger partial charge in [0.2, 0.25) is 5.91 Å². The van der Waals surface area contributed by atoms with Crippen molar-refractivity contribution < 1.29 is 23.1 Å². The Morgan fingerprint density at radius 3 is 2.62 bits per heavy atom. The molecular formula is C16H21F2N3O3. The summed E-state index contributed by atoms with van der Waals surface area (Å²) in [5, 5.41) is 2.74. The zero-order valence-electron chi connectivity index (χ0n) is 13.4. The van der Waals surface area contributed by atoms with Crippen molar-refractivity contribution in [3.63, 3.8) is 0 Å². The number of nitrogens with one attached hydrogen (secondary N) is 1. The van der Waals surface area contributed by atoms with Gasteiger partial charge in [0, 0.05) is 25.1 Å². The highest BCUT2D eigenvalue weighted by molar-refractivity contribution is 5.78. The average Bonchev–Trinajstić information content (AvgIpc) is 2.54. The Kier molecular flexibility index (Phi) is 5.94. The van der Waals surface area contributed by atoms with Crippen molar-refractivity contribution in [1.29, 1.82) is 0 Å². The van der Waals surface area contributed by atoms with Gasteiger partial charge in [-0.05, 0) is 31.9 Å². The van der Waals surface area contributed by atoms with Gasteiger partial charge in [-0.25, -0.2) is 13.6 Å². The Labute approximate surface area is 138 Å². The topological polar surface area (TPSA) is 84.7 Å². The SMILES string of the molecule is CC(COc1ccc(F)cc1F)NC(=O)N1CCC(C(N)=O)CC1. The van der Waals surface area contributed by atoms with Crippen LogP contribution >= 0.6 is 0 Å². The largest absolute Gasteiger partial charge is 0.488 e. The molecule has 3 amide bonds. The number of amides is 3. The molecule has 1 heterocycles. The first-order valence-electron chi connectivity index (χ1n) is 7.79. The standard InChI is InChI=1S/C16H21F2N3O3/c1-10(9-24-14-3-2-12(17)8-13(14)18)20-16(23)21-6-4-11(5-7-21)15(19)22/h2-3,8,10-11H,4-7,9H2,1H3,(H2,19,22)(H,20,23). The quantitative estimate of drug-likeness (QED) is 0.854. The summed E-state index contributed by atoms with van der Waals surface area (Å²) in [6.45, 7) is 2.68. The highest BCUT2D eigenvalue weighted by Gasteiger charge is 2.26. The van der Waals surface area contributed by atoms with Crippen LogP contribution in [0.15, 0.2) is 18.2 Å². The number of carbonyl (C=O) groups is 2. The first-order chi connectivity index (χ1) is 11.4. The molecule has 0 spiro atoms. The normalized spacial score (nSPS) is 16.5. The smallest absolute Gasteiger partial charge is 0.317 e. The van der Waals surface area contributed by atoms with Crippen molar-refractivity contribution in [2.45, 2.75) is 25.8 Å². The van der Waals surface area contributed by atoms with Gasteiger partial charge in [0.15, 0.2) is 11.6 Å². The minimum Gasteiger partial charge on any atom is -0.488 e. The van der Waals surface area contributed by atoms with E-state index in [1.165, 1.54) is 6.07 Å². The van der Waals surface area contributed by atoms with Gasteiger partial charge in [-0.15, -0.1) is 0 Å². The van der Waals surface area contributed by atoms with Gasteiger partial charge in [0.05, 0.1) is 6.04 Å². The molecule has 0 radical (unpaired) electrons. The van der Waals surface area contributed by atoms with Crippen LogP contribution in [0.4, 0.5) is 13.6 Å². The van der Waals surface area contributed by atoms with E-state index in [0.29, 0.717) is 25.9 Å². The van der Waals surface area contributed by atoms with E-state index >= 15 is 0 Å². The lowest BCUT2D eigenvalue weighted by molar-refractivity contribution is -0.123. The van der Waals surface area contributed by atoms with Gasteiger partial charge in [0.1, 0.15) is 12.4 Å². The molecule has 0 saturated carbocycles. The third kappa shape index (κ3) is 4.81. The predicted octanol–water partition coefficient (Wildman–Crippen LogP) is 1.64. The fraction of sp³-hybridized carbons (Fsp3) is 0.500. The summed E-state index contributed by atoms with van der Waals surface area (Å²) in [6.07, 6.45) is 1.10. The molecule has 1 unspecified atom stereocenters. The van der Waals surface area contributed by atoms with Crippen molar-refractivity contribution in [2.75, 3.05) is 19.7 Å². The van der Waals surface area contributed by atoms with Gasteiger partial charge in [-0.2, -0.15) is 0 Å². The number of urea groups is 1. The predicted molar refractivity (Wildman–Crippen MR) is 83.3 cm³/mol. The van der Waals surface area contributed by atoms with Crippen molar-refractivity contribution >= 4 is 11.9 Å². The average molecular weight is 341 g/mol. The van der Waals surface area contributed by atoms with Gasteiger partial charge < -0.3 is 20.7 Å². The molecule has 1 aliphatic rings. The number of carbonyl (C=O) groups excluding carboxylic acids is 2. The van der Waals surface area contributed by atoms with Crippen LogP contribution in [0.1, 0.15) is 19.8 Å². The molecule has 1 atom stereocenters. The molecule has 1 aromatic rings. The molecule has 24 heavy (non-hydrogen) atoms. The van der Waals surface area contributed by atoms with Crippen LogP contribution in [0.2, 0.25) is 0 Å². The van der Waals surface area contributed by atoms with Crippen molar-refractivity contribution in [3.8, 4) is 5.75 Å². The van der Waals surface area contributed by atoms with Gasteiger partial charge >= 0.3 is 6.03 Å². The van der Waals surface area contributed by atoms with E-state index in [9.17, 15) is 18.4 Å². The molecule has 6 nitrogen and oxygen atoms in total. The number of halogens is 2.